The van der Waals surface area contributed by atoms with Crippen LogP contribution in [0.1, 0.15) is 15.2 Å². The fraction of sp³-hybridized carbons (Fsp3) is 0.214. The van der Waals surface area contributed by atoms with Gasteiger partial charge in [0.1, 0.15) is 5.82 Å². The van der Waals surface area contributed by atoms with E-state index >= 15 is 0 Å². The maximum Gasteiger partial charge on any atom is 0.192 e. The van der Waals surface area contributed by atoms with Gasteiger partial charge in [-0.2, -0.15) is 0 Å². The highest BCUT2D eigenvalue weighted by Gasteiger charge is 2.22. The van der Waals surface area contributed by atoms with E-state index < -0.39 is 0 Å². The van der Waals surface area contributed by atoms with Crippen molar-refractivity contribution in [2.45, 2.75) is 6.42 Å². The first-order valence-electron chi connectivity index (χ1n) is 5.95. The standard InChI is InChI=1S/C14H11BrFNOS/c15-14-4-3-13(19-14)12(18)8-17-6-5-9-1-2-10(16)7-11(9)17/h1-4,7H,5-6,8H2. The Morgan fingerprint density at radius 1 is 1.37 bits per heavy atom. The van der Waals surface area contributed by atoms with Crippen molar-refractivity contribution < 1.29 is 9.18 Å². The molecule has 19 heavy (non-hydrogen) atoms. The molecule has 2 heterocycles. The summed E-state index contributed by atoms with van der Waals surface area (Å²) in [4.78, 5) is 14.8. The third-order valence-corrected chi connectivity index (χ3v) is 4.89. The number of carbonyl (C=O) groups is 1. The van der Waals surface area contributed by atoms with Gasteiger partial charge >= 0.3 is 0 Å². The predicted molar refractivity (Wildman–Crippen MR) is 78.7 cm³/mol. The van der Waals surface area contributed by atoms with Crippen molar-refractivity contribution in [3.05, 3.63) is 50.4 Å². The van der Waals surface area contributed by atoms with E-state index in [1.54, 1.807) is 6.07 Å². The van der Waals surface area contributed by atoms with Gasteiger partial charge in [-0.25, -0.2) is 4.39 Å². The molecule has 2 aromatic rings. The second-order valence-corrected chi connectivity index (χ2v) is 6.93. The quantitative estimate of drug-likeness (QED) is 0.790. The Morgan fingerprint density at radius 3 is 2.95 bits per heavy atom. The van der Waals surface area contributed by atoms with E-state index in [0.717, 1.165) is 32.9 Å². The number of thiophene rings is 1. The molecule has 0 radical (unpaired) electrons. The molecule has 0 atom stereocenters. The topological polar surface area (TPSA) is 20.3 Å². The second-order valence-electron chi connectivity index (χ2n) is 4.47. The first-order valence-corrected chi connectivity index (χ1v) is 7.56. The van der Waals surface area contributed by atoms with Crippen LogP contribution < -0.4 is 4.90 Å². The Morgan fingerprint density at radius 2 is 2.21 bits per heavy atom. The Labute approximate surface area is 123 Å². The summed E-state index contributed by atoms with van der Waals surface area (Å²) in [6, 6.07) is 8.48. The number of nitrogens with zero attached hydrogens (tertiary/aromatic N) is 1. The summed E-state index contributed by atoms with van der Waals surface area (Å²) in [6.45, 7) is 1.08. The van der Waals surface area contributed by atoms with Gasteiger partial charge in [-0.05, 0) is 52.2 Å². The van der Waals surface area contributed by atoms with Crippen LogP contribution in [-0.4, -0.2) is 18.9 Å². The zero-order valence-electron chi connectivity index (χ0n) is 10.0. The molecule has 1 aromatic heterocycles. The molecule has 0 spiro atoms. The lowest BCUT2D eigenvalue weighted by Crippen LogP contribution is -2.27. The third kappa shape index (κ3) is 2.58. The summed E-state index contributed by atoms with van der Waals surface area (Å²) in [5, 5.41) is 0. The Kier molecular flexibility index (Phi) is 3.41. The molecular formula is C14H11BrFNOS. The molecular weight excluding hydrogens is 329 g/mol. The lowest BCUT2D eigenvalue weighted by molar-refractivity contribution is 0.100. The summed E-state index contributed by atoms with van der Waals surface area (Å²) < 4.78 is 14.2. The molecule has 3 rings (SSSR count). The van der Waals surface area contributed by atoms with Gasteiger partial charge in [-0.15, -0.1) is 11.3 Å². The molecule has 2 nitrogen and oxygen atoms in total. The van der Waals surface area contributed by atoms with E-state index in [-0.39, 0.29) is 11.6 Å². The van der Waals surface area contributed by atoms with E-state index in [1.165, 1.54) is 23.5 Å². The molecule has 0 aliphatic carbocycles. The van der Waals surface area contributed by atoms with Gasteiger partial charge in [0, 0.05) is 12.2 Å². The lowest BCUT2D eigenvalue weighted by Gasteiger charge is -2.17. The van der Waals surface area contributed by atoms with Gasteiger partial charge in [0.15, 0.2) is 5.78 Å². The van der Waals surface area contributed by atoms with Gasteiger partial charge in [0.05, 0.1) is 15.2 Å². The zero-order valence-corrected chi connectivity index (χ0v) is 12.4. The van der Waals surface area contributed by atoms with Crippen LogP contribution in [0.25, 0.3) is 0 Å². The minimum absolute atomic E-state index is 0.0767. The molecule has 0 saturated heterocycles. The summed E-state index contributed by atoms with van der Waals surface area (Å²) in [5.74, 6) is -0.176. The molecule has 0 saturated carbocycles. The van der Waals surface area contributed by atoms with Gasteiger partial charge in [-0.3, -0.25) is 4.79 Å². The maximum atomic E-state index is 13.3. The summed E-state index contributed by atoms with van der Waals surface area (Å²) >= 11 is 4.78. The number of rotatable bonds is 3. The second kappa shape index (κ2) is 5.06. The zero-order chi connectivity index (χ0) is 13.4. The Bertz CT molecular complexity index is 640. The van der Waals surface area contributed by atoms with Crippen LogP contribution in [-0.2, 0) is 6.42 Å². The minimum Gasteiger partial charge on any atom is -0.363 e. The summed E-state index contributed by atoms with van der Waals surface area (Å²) in [7, 11) is 0. The fourth-order valence-electron chi connectivity index (χ4n) is 2.30. The summed E-state index contributed by atoms with van der Waals surface area (Å²) in [5.41, 5.74) is 1.96. The van der Waals surface area contributed by atoms with Crippen LogP contribution in [0.5, 0.6) is 0 Å². The monoisotopic (exact) mass is 339 g/mol. The van der Waals surface area contributed by atoms with Crippen molar-refractivity contribution in [2.75, 3.05) is 18.0 Å². The van der Waals surface area contributed by atoms with E-state index in [4.69, 9.17) is 0 Å². The maximum absolute atomic E-state index is 13.3. The van der Waals surface area contributed by atoms with Gasteiger partial charge < -0.3 is 4.90 Å². The third-order valence-electron chi connectivity index (χ3n) is 3.22. The molecule has 0 amide bonds. The van der Waals surface area contributed by atoms with Crippen LogP contribution in [0.15, 0.2) is 34.1 Å². The van der Waals surface area contributed by atoms with Crippen molar-refractivity contribution >= 4 is 38.7 Å². The van der Waals surface area contributed by atoms with E-state index in [2.05, 4.69) is 15.9 Å². The molecule has 98 valence electrons. The van der Waals surface area contributed by atoms with Gasteiger partial charge in [0.2, 0.25) is 0 Å². The van der Waals surface area contributed by atoms with Gasteiger partial charge in [-0.1, -0.05) is 6.07 Å². The predicted octanol–water partition coefficient (Wildman–Crippen LogP) is 3.90. The van der Waals surface area contributed by atoms with Crippen molar-refractivity contribution in [2.24, 2.45) is 0 Å². The van der Waals surface area contributed by atoms with E-state index in [0.29, 0.717) is 6.54 Å². The smallest absolute Gasteiger partial charge is 0.192 e. The molecule has 1 aliphatic rings. The van der Waals surface area contributed by atoms with Crippen LogP contribution >= 0.6 is 27.3 Å². The average Bonchev–Trinajstić information content (AvgIpc) is 2.97. The molecule has 0 unspecified atom stereocenters. The largest absolute Gasteiger partial charge is 0.363 e. The number of hydrogen-bond acceptors (Lipinski definition) is 3. The summed E-state index contributed by atoms with van der Waals surface area (Å²) in [6.07, 6.45) is 0.872. The fourth-order valence-corrected chi connectivity index (χ4v) is 3.61. The van der Waals surface area contributed by atoms with Crippen LogP contribution in [0, 0.1) is 5.82 Å². The van der Waals surface area contributed by atoms with Crippen LogP contribution in [0.4, 0.5) is 10.1 Å². The van der Waals surface area contributed by atoms with Crippen LogP contribution in [0.3, 0.4) is 0 Å². The number of anilines is 1. The number of ketones is 1. The average molecular weight is 340 g/mol. The number of carbonyl (C=O) groups excluding carboxylic acids is 1. The van der Waals surface area contributed by atoms with Gasteiger partial charge in [0.25, 0.3) is 0 Å². The molecule has 5 heteroatoms. The van der Waals surface area contributed by atoms with Crippen molar-refractivity contribution in [1.29, 1.82) is 0 Å². The normalized spacial score (nSPS) is 13.7. The van der Waals surface area contributed by atoms with Crippen LogP contribution in [0.2, 0.25) is 0 Å². The van der Waals surface area contributed by atoms with Crippen molar-refractivity contribution in [3.8, 4) is 0 Å². The number of benzene rings is 1. The molecule has 0 bridgehead atoms. The molecule has 0 fully saturated rings. The highest BCUT2D eigenvalue weighted by Crippen LogP contribution is 2.29. The first kappa shape index (κ1) is 12.8. The van der Waals surface area contributed by atoms with E-state index in [9.17, 15) is 9.18 Å². The van der Waals surface area contributed by atoms with E-state index in [1.807, 2.05) is 17.0 Å². The number of fused-ring (bicyclic) bond motifs is 1. The number of halogens is 2. The Hall–Kier alpha value is -1.20. The first-order chi connectivity index (χ1) is 9.13. The molecule has 1 aromatic carbocycles. The molecule has 0 N–H and O–H groups in total. The number of Topliss-reactive ketones (excluding diaryl/α,β-unsaturated/α-hetero) is 1. The highest BCUT2D eigenvalue weighted by atomic mass is 79.9. The SMILES string of the molecule is O=C(CN1CCc2ccc(F)cc21)c1ccc(Br)s1. The van der Waals surface area contributed by atoms with Crippen molar-refractivity contribution in [3.63, 3.8) is 0 Å². The minimum atomic E-state index is -0.253. The van der Waals surface area contributed by atoms with Crippen molar-refractivity contribution in [1.82, 2.24) is 0 Å². The number of hydrogen-bond donors (Lipinski definition) is 0. The highest BCUT2D eigenvalue weighted by molar-refractivity contribution is 9.11. The molecule has 1 aliphatic heterocycles. The lowest BCUT2D eigenvalue weighted by atomic mass is 10.1. The Balaban J connectivity index is 1.79.